The van der Waals surface area contributed by atoms with Gasteiger partial charge < -0.3 is 9.47 Å². The van der Waals surface area contributed by atoms with E-state index in [4.69, 9.17) is 27.9 Å². The Hall–Kier alpha value is -1.79. The maximum absolute atomic E-state index is 11.0. The molecule has 0 aliphatic rings. The van der Waals surface area contributed by atoms with E-state index in [0.29, 0.717) is 5.56 Å². The number of methoxy groups -OCH3 is 1. The minimum Gasteiger partial charge on any atom is -0.480 e. The quantitative estimate of drug-likeness (QED) is 0.473. The lowest BCUT2D eigenvalue weighted by atomic mass is 10.2. The third-order valence-electron chi connectivity index (χ3n) is 2.30. The number of esters is 1. The van der Waals surface area contributed by atoms with Crippen molar-refractivity contribution < 1.29 is 19.2 Å². The topological polar surface area (TPSA) is 78.7 Å². The molecule has 0 spiro atoms. The summed E-state index contributed by atoms with van der Waals surface area (Å²) in [6.45, 7) is 1.03. The summed E-state index contributed by atoms with van der Waals surface area (Å²) >= 11 is 12.0. The highest BCUT2D eigenvalue weighted by atomic mass is 35.5. The minimum absolute atomic E-state index is 0.0699. The summed E-state index contributed by atoms with van der Waals surface area (Å²) in [4.78, 5) is 21.0. The zero-order chi connectivity index (χ0) is 15.3. The molecule has 1 aromatic carbocycles. The van der Waals surface area contributed by atoms with Crippen molar-refractivity contribution in [3.8, 4) is 5.75 Å². The number of carbonyl (C=O) groups excluding carboxylic acids is 1. The molecule has 8 heteroatoms. The molecule has 0 aromatic heterocycles. The number of nitro groups is 1. The molecule has 0 atom stereocenters. The Bertz CT molecular complexity index is 571. The summed E-state index contributed by atoms with van der Waals surface area (Å²) < 4.78 is 9.55. The van der Waals surface area contributed by atoms with Gasteiger partial charge >= 0.3 is 5.97 Å². The summed E-state index contributed by atoms with van der Waals surface area (Å²) in [5, 5.41) is 10.7. The third kappa shape index (κ3) is 4.11. The average Bonchev–Trinajstić information content (AvgIpc) is 2.42. The smallest absolute Gasteiger partial charge is 0.343 e. The molecule has 0 saturated carbocycles. The molecule has 0 radical (unpaired) electrons. The van der Waals surface area contributed by atoms with Gasteiger partial charge in [0.1, 0.15) is 10.8 Å². The average molecular weight is 320 g/mol. The maximum atomic E-state index is 11.0. The van der Waals surface area contributed by atoms with Gasteiger partial charge in [-0.15, -0.1) is 0 Å². The second kappa shape index (κ2) is 7.12. The van der Waals surface area contributed by atoms with Crippen LogP contribution in [0.5, 0.6) is 5.75 Å². The predicted octanol–water partition coefficient (Wildman–Crippen LogP) is 3.18. The van der Waals surface area contributed by atoms with Crippen molar-refractivity contribution in [3.63, 3.8) is 0 Å². The number of ether oxygens (including phenoxy) is 2. The largest absolute Gasteiger partial charge is 0.480 e. The van der Waals surface area contributed by atoms with Gasteiger partial charge in [-0.05, 0) is 12.1 Å². The Kier molecular flexibility index (Phi) is 5.79. The fraction of sp³-hybridized carbons (Fsp3) is 0.250. The number of nitrogens with zero attached hydrogens (tertiary/aromatic N) is 1. The first-order valence-electron chi connectivity index (χ1n) is 5.37. The molecule has 0 N–H and O–H groups in total. The third-order valence-corrected chi connectivity index (χ3v) is 3.18. The van der Waals surface area contributed by atoms with Crippen molar-refractivity contribution in [1.29, 1.82) is 0 Å². The molecule has 0 fully saturated rings. The van der Waals surface area contributed by atoms with Gasteiger partial charge in [0.15, 0.2) is 6.61 Å². The van der Waals surface area contributed by atoms with Crippen molar-refractivity contribution in [2.45, 2.75) is 6.92 Å². The minimum atomic E-state index is -0.564. The lowest BCUT2D eigenvalue weighted by Gasteiger charge is -2.09. The molecule has 108 valence electrons. The number of benzene rings is 1. The van der Waals surface area contributed by atoms with Crippen LogP contribution < -0.4 is 4.74 Å². The molecular formula is C12H11Cl2NO5. The summed E-state index contributed by atoms with van der Waals surface area (Å²) in [5.41, 5.74) is 0.308. The molecule has 0 aliphatic carbocycles. The van der Waals surface area contributed by atoms with Crippen LogP contribution in [0.3, 0.4) is 0 Å². The molecule has 6 nitrogen and oxygen atoms in total. The monoisotopic (exact) mass is 319 g/mol. The van der Waals surface area contributed by atoms with Gasteiger partial charge in [0.25, 0.3) is 0 Å². The van der Waals surface area contributed by atoms with Gasteiger partial charge in [0.05, 0.1) is 17.1 Å². The Morgan fingerprint density at radius 1 is 1.40 bits per heavy atom. The highest BCUT2D eigenvalue weighted by Gasteiger charge is 2.13. The number of rotatable bonds is 5. The molecule has 0 heterocycles. The first-order chi connectivity index (χ1) is 9.36. The van der Waals surface area contributed by atoms with Crippen molar-refractivity contribution in [1.82, 2.24) is 0 Å². The fourth-order valence-electron chi connectivity index (χ4n) is 1.24. The van der Waals surface area contributed by atoms with Crippen LogP contribution in [0.25, 0.3) is 6.08 Å². The van der Waals surface area contributed by atoms with Crippen molar-refractivity contribution >= 4 is 35.2 Å². The lowest BCUT2D eigenvalue weighted by molar-refractivity contribution is -0.422. The second-order valence-corrected chi connectivity index (χ2v) is 4.44. The van der Waals surface area contributed by atoms with Crippen LogP contribution in [0.15, 0.2) is 17.8 Å². The van der Waals surface area contributed by atoms with Gasteiger partial charge in [0, 0.05) is 18.6 Å². The Balaban J connectivity index is 3.01. The van der Waals surface area contributed by atoms with Crippen LogP contribution in [0, 0.1) is 10.1 Å². The van der Waals surface area contributed by atoms with E-state index < -0.39 is 10.9 Å². The van der Waals surface area contributed by atoms with Crippen molar-refractivity contribution in [3.05, 3.63) is 43.6 Å². The van der Waals surface area contributed by atoms with Crippen LogP contribution in [0.1, 0.15) is 12.5 Å². The first-order valence-corrected chi connectivity index (χ1v) is 6.12. The molecule has 0 bridgehead atoms. The predicted molar refractivity (Wildman–Crippen MR) is 74.6 cm³/mol. The van der Waals surface area contributed by atoms with E-state index in [9.17, 15) is 14.9 Å². The van der Waals surface area contributed by atoms with Crippen molar-refractivity contribution in [2.75, 3.05) is 13.7 Å². The van der Waals surface area contributed by atoms with E-state index in [2.05, 4.69) is 4.74 Å². The summed E-state index contributed by atoms with van der Waals surface area (Å²) in [7, 11) is 1.23. The highest BCUT2D eigenvalue weighted by Crippen LogP contribution is 2.35. The number of halogens is 2. The van der Waals surface area contributed by atoms with Crippen LogP contribution in [-0.4, -0.2) is 24.6 Å². The van der Waals surface area contributed by atoms with Crippen molar-refractivity contribution in [2.24, 2.45) is 0 Å². The van der Waals surface area contributed by atoms with Gasteiger partial charge in [-0.3, -0.25) is 10.1 Å². The molecule has 20 heavy (non-hydrogen) atoms. The van der Waals surface area contributed by atoms with Gasteiger partial charge in [-0.1, -0.05) is 23.2 Å². The molecule has 0 unspecified atom stereocenters. The standard InChI is InChI=1S/C12H11Cl2NO5/c1-7(15(17)18)5-8-3-4-9(12(14)11(8)13)20-6-10(16)19-2/h3-5H,6H2,1-2H3/b7-5+. The van der Waals surface area contributed by atoms with E-state index >= 15 is 0 Å². The SMILES string of the molecule is COC(=O)COc1ccc(/C=C(\C)[N+](=O)[O-])c(Cl)c1Cl. The van der Waals surface area contributed by atoms with E-state index in [-0.39, 0.29) is 28.1 Å². The summed E-state index contributed by atoms with van der Waals surface area (Å²) in [6, 6.07) is 2.98. The summed E-state index contributed by atoms with van der Waals surface area (Å²) in [6.07, 6.45) is 1.29. The molecule has 0 saturated heterocycles. The van der Waals surface area contributed by atoms with E-state index in [1.165, 1.54) is 32.2 Å². The second-order valence-electron chi connectivity index (χ2n) is 3.69. The zero-order valence-corrected chi connectivity index (χ0v) is 12.2. The Labute approximate surface area is 125 Å². The zero-order valence-electron chi connectivity index (χ0n) is 10.7. The van der Waals surface area contributed by atoms with Gasteiger partial charge in [-0.2, -0.15) is 0 Å². The Morgan fingerprint density at radius 2 is 2.05 bits per heavy atom. The fourth-order valence-corrected chi connectivity index (χ4v) is 1.68. The van der Waals surface area contributed by atoms with Crippen LogP contribution in [-0.2, 0) is 9.53 Å². The number of allylic oxidation sites excluding steroid dienone is 1. The molecule has 1 rings (SSSR count). The van der Waals surface area contributed by atoms with E-state index in [0.717, 1.165) is 0 Å². The maximum Gasteiger partial charge on any atom is 0.343 e. The first kappa shape index (κ1) is 16.3. The highest BCUT2D eigenvalue weighted by molar-refractivity contribution is 6.43. The van der Waals surface area contributed by atoms with Gasteiger partial charge in [-0.25, -0.2) is 4.79 Å². The number of hydrogen-bond acceptors (Lipinski definition) is 5. The van der Waals surface area contributed by atoms with Crippen LogP contribution >= 0.6 is 23.2 Å². The van der Waals surface area contributed by atoms with Crippen LogP contribution in [0.4, 0.5) is 0 Å². The summed E-state index contributed by atoms with van der Waals surface area (Å²) in [5.74, 6) is -0.372. The Morgan fingerprint density at radius 3 is 2.60 bits per heavy atom. The molecule has 0 amide bonds. The molecule has 0 aliphatic heterocycles. The van der Waals surface area contributed by atoms with E-state index in [1.807, 2.05) is 0 Å². The van der Waals surface area contributed by atoms with E-state index in [1.54, 1.807) is 0 Å². The van der Waals surface area contributed by atoms with Gasteiger partial charge in [0.2, 0.25) is 5.70 Å². The number of carbonyl (C=O) groups is 1. The lowest BCUT2D eigenvalue weighted by Crippen LogP contribution is -2.12. The molecular weight excluding hydrogens is 309 g/mol. The van der Waals surface area contributed by atoms with Crippen LogP contribution in [0.2, 0.25) is 10.0 Å². The normalized spacial score (nSPS) is 11.1. The number of hydrogen-bond donors (Lipinski definition) is 0. The molecule has 1 aromatic rings.